The molecule has 0 aliphatic carbocycles. The van der Waals surface area contributed by atoms with Gasteiger partial charge in [-0.25, -0.2) is 4.39 Å². The molecule has 3 rings (SSSR count). The van der Waals surface area contributed by atoms with Crippen LogP contribution in [0.5, 0.6) is 0 Å². The average Bonchev–Trinajstić information content (AvgIpc) is 2.78. The maximum absolute atomic E-state index is 15.0. The van der Waals surface area contributed by atoms with Crippen molar-refractivity contribution in [2.24, 2.45) is 5.41 Å². The van der Waals surface area contributed by atoms with Crippen LogP contribution in [0.4, 0.5) is 10.1 Å². The fourth-order valence-corrected chi connectivity index (χ4v) is 3.29. The molecule has 0 saturated heterocycles. The summed E-state index contributed by atoms with van der Waals surface area (Å²) in [4.78, 5) is 24.4. The number of carboxylic acids is 1. The lowest BCUT2D eigenvalue weighted by Gasteiger charge is -2.25. The van der Waals surface area contributed by atoms with E-state index in [0.29, 0.717) is 5.56 Å². The summed E-state index contributed by atoms with van der Waals surface area (Å²) in [5, 5.41) is 18.8. The molecule has 3 N–H and O–H groups in total. The molecule has 0 saturated carbocycles. The van der Waals surface area contributed by atoms with Crippen molar-refractivity contribution in [2.75, 3.05) is 5.73 Å². The first kappa shape index (κ1) is 23.5. The smallest absolute Gasteiger partial charge is 0.323 e. The monoisotopic (exact) mass is 446 g/mol. The molecular weight excluding hydrogens is 423 g/mol. The molecule has 0 radical (unpaired) electrons. The zero-order valence-electron chi connectivity index (χ0n) is 18.4. The van der Waals surface area contributed by atoms with E-state index in [-0.39, 0.29) is 16.8 Å². The van der Waals surface area contributed by atoms with E-state index >= 15 is 4.39 Å². The number of ether oxygens (including phenoxy) is 1. The lowest BCUT2D eigenvalue weighted by atomic mass is 9.91. The number of aryl methyl sites for hydroxylation is 1. The molecule has 3 aromatic carbocycles. The van der Waals surface area contributed by atoms with Crippen LogP contribution in [0.25, 0.3) is 11.1 Å². The van der Waals surface area contributed by atoms with Crippen LogP contribution in [0, 0.1) is 29.5 Å². The molecule has 0 fully saturated rings. The number of nitrogens with two attached hydrogens (primary N) is 1. The van der Waals surface area contributed by atoms with Gasteiger partial charge in [-0.3, -0.25) is 9.59 Å². The Balaban J connectivity index is 2.20. The zero-order valence-corrected chi connectivity index (χ0v) is 18.4. The number of carboxylic acid groups (broad SMARTS) is 1. The second kappa shape index (κ2) is 9.13. The number of esters is 1. The molecular formula is C26H23FN2O4. The van der Waals surface area contributed by atoms with Crippen molar-refractivity contribution >= 4 is 17.6 Å². The maximum Gasteiger partial charge on any atom is 0.323 e. The first-order chi connectivity index (χ1) is 15.6. The van der Waals surface area contributed by atoms with Crippen LogP contribution in [0.2, 0.25) is 0 Å². The molecule has 3 aromatic rings. The highest BCUT2D eigenvalue weighted by Gasteiger charge is 2.40. The van der Waals surface area contributed by atoms with Gasteiger partial charge in [-0.05, 0) is 61.2 Å². The molecule has 1 unspecified atom stereocenters. The van der Waals surface area contributed by atoms with Gasteiger partial charge >= 0.3 is 11.9 Å². The highest BCUT2D eigenvalue weighted by Crippen LogP contribution is 2.36. The Hall–Kier alpha value is -4.18. The number of nitrogen functional groups attached to an aromatic ring is 1. The Bertz CT molecular complexity index is 1260. The number of carbonyl (C=O) groups is 2. The van der Waals surface area contributed by atoms with Gasteiger partial charge in [-0.1, -0.05) is 42.5 Å². The Morgan fingerprint density at radius 1 is 1.12 bits per heavy atom. The van der Waals surface area contributed by atoms with Gasteiger partial charge in [0.25, 0.3) is 0 Å². The highest BCUT2D eigenvalue weighted by atomic mass is 19.1. The Morgan fingerprint density at radius 3 is 2.39 bits per heavy atom. The van der Waals surface area contributed by atoms with Gasteiger partial charge < -0.3 is 15.6 Å². The van der Waals surface area contributed by atoms with E-state index in [4.69, 9.17) is 10.5 Å². The van der Waals surface area contributed by atoms with Crippen molar-refractivity contribution < 1.29 is 23.8 Å². The molecule has 0 aliphatic heterocycles. The van der Waals surface area contributed by atoms with Crippen molar-refractivity contribution in [1.82, 2.24) is 0 Å². The Kier molecular flexibility index (Phi) is 6.50. The Morgan fingerprint density at radius 2 is 1.79 bits per heavy atom. The topological polar surface area (TPSA) is 113 Å². The van der Waals surface area contributed by atoms with Gasteiger partial charge in [0, 0.05) is 5.56 Å². The van der Waals surface area contributed by atoms with E-state index < -0.39 is 29.3 Å². The number of halogens is 1. The van der Waals surface area contributed by atoms with Crippen LogP contribution < -0.4 is 5.73 Å². The number of hydrogen-bond acceptors (Lipinski definition) is 5. The third kappa shape index (κ3) is 4.70. The average molecular weight is 446 g/mol. The molecule has 0 bridgehead atoms. The summed E-state index contributed by atoms with van der Waals surface area (Å²) in [6.07, 6.45) is -1.30. The lowest BCUT2D eigenvalue weighted by molar-refractivity contribution is -0.168. The number of benzene rings is 3. The standard InChI is InChI=1S/C26H23FN2O4/c1-15-9-10-17(11-19(15)16-7-5-4-6-8-16)23(33-25(32)26(2,3)24(30)31)20-12-18(14-28)22(29)13-21(20)27/h4-13,23H,29H2,1-3H3,(H,30,31). The van der Waals surface area contributed by atoms with Crippen LogP contribution in [0.3, 0.4) is 0 Å². The zero-order chi connectivity index (χ0) is 24.3. The fourth-order valence-electron chi connectivity index (χ4n) is 3.29. The van der Waals surface area contributed by atoms with E-state index in [1.54, 1.807) is 18.2 Å². The molecule has 0 aliphatic rings. The second-order valence-corrected chi connectivity index (χ2v) is 8.23. The van der Waals surface area contributed by atoms with E-state index in [1.807, 2.05) is 43.3 Å². The summed E-state index contributed by atoms with van der Waals surface area (Å²) in [5.41, 5.74) is 6.82. The highest BCUT2D eigenvalue weighted by molar-refractivity contribution is 5.98. The molecule has 0 amide bonds. The lowest BCUT2D eigenvalue weighted by Crippen LogP contribution is -2.36. The molecule has 33 heavy (non-hydrogen) atoms. The summed E-state index contributed by atoms with van der Waals surface area (Å²) < 4.78 is 20.6. The van der Waals surface area contributed by atoms with Gasteiger partial charge in [-0.15, -0.1) is 0 Å². The first-order valence-electron chi connectivity index (χ1n) is 10.2. The van der Waals surface area contributed by atoms with Gasteiger partial charge in [0.2, 0.25) is 0 Å². The van der Waals surface area contributed by atoms with Gasteiger partial charge in [0.1, 0.15) is 11.9 Å². The summed E-state index contributed by atoms with van der Waals surface area (Å²) >= 11 is 0. The number of hydrogen-bond donors (Lipinski definition) is 2. The van der Waals surface area contributed by atoms with Crippen LogP contribution in [-0.2, 0) is 14.3 Å². The van der Waals surface area contributed by atoms with Gasteiger partial charge in [0.05, 0.1) is 11.3 Å². The maximum atomic E-state index is 15.0. The molecule has 6 nitrogen and oxygen atoms in total. The number of anilines is 1. The summed E-state index contributed by atoms with van der Waals surface area (Å²) in [6, 6.07) is 18.8. The predicted octanol–water partition coefficient (Wildman–Crippen LogP) is 5.00. The summed E-state index contributed by atoms with van der Waals surface area (Å²) in [7, 11) is 0. The van der Waals surface area contributed by atoms with Crippen LogP contribution in [0.15, 0.2) is 60.7 Å². The molecule has 0 aromatic heterocycles. The van der Waals surface area contributed by atoms with Crippen LogP contribution in [0.1, 0.15) is 42.2 Å². The van der Waals surface area contributed by atoms with Gasteiger partial charge in [0.15, 0.2) is 11.5 Å². The number of rotatable bonds is 6. The van der Waals surface area contributed by atoms with Crippen molar-refractivity contribution in [2.45, 2.75) is 26.9 Å². The number of carbonyl (C=O) groups excluding carboxylic acids is 1. The number of aliphatic carboxylic acids is 1. The van der Waals surface area contributed by atoms with E-state index in [2.05, 4.69) is 0 Å². The number of nitrogens with zero attached hydrogens (tertiary/aromatic N) is 1. The third-order valence-corrected chi connectivity index (χ3v) is 5.49. The Labute approximate surface area is 191 Å². The fraction of sp³-hybridized carbons (Fsp3) is 0.192. The molecule has 7 heteroatoms. The molecule has 0 heterocycles. The molecule has 168 valence electrons. The molecule has 1 atom stereocenters. The summed E-state index contributed by atoms with van der Waals surface area (Å²) in [5.74, 6) is -3.20. The van der Waals surface area contributed by atoms with Crippen LogP contribution >= 0.6 is 0 Å². The molecule has 0 spiro atoms. The van der Waals surface area contributed by atoms with Crippen molar-refractivity contribution in [1.29, 1.82) is 5.26 Å². The number of nitriles is 1. The minimum absolute atomic E-state index is 0.0142. The van der Waals surface area contributed by atoms with Crippen LogP contribution in [-0.4, -0.2) is 17.0 Å². The van der Waals surface area contributed by atoms with Crippen molar-refractivity contribution in [3.8, 4) is 17.2 Å². The quantitative estimate of drug-likeness (QED) is 0.313. The summed E-state index contributed by atoms with van der Waals surface area (Å²) in [6.45, 7) is 4.33. The van der Waals surface area contributed by atoms with E-state index in [0.717, 1.165) is 22.8 Å². The minimum Gasteiger partial charge on any atom is -0.480 e. The van der Waals surface area contributed by atoms with Crippen molar-refractivity contribution in [3.63, 3.8) is 0 Å². The normalized spacial score (nSPS) is 12.0. The van der Waals surface area contributed by atoms with E-state index in [1.165, 1.54) is 19.9 Å². The van der Waals surface area contributed by atoms with Crippen molar-refractivity contribution in [3.05, 3.63) is 88.7 Å². The van der Waals surface area contributed by atoms with E-state index in [9.17, 15) is 20.0 Å². The third-order valence-electron chi connectivity index (χ3n) is 5.49. The first-order valence-corrected chi connectivity index (χ1v) is 10.2. The minimum atomic E-state index is -1.87. The predicted molar refractivity (Wildman–Crippen MR) is 121 cm³/mol. The van der Waals surface area contributed by atoms with Gasteiger partial charge in [-0.2, -0.15) is 5.26 Å². The SMILES string of the molecule is Cc1ccc(C(OC(=O)C(C)(C)C(=O)O)c2cc(C#N)c(N)cc2F)cc1-c1ccccc1. The largest absolute Gasteiger partial charge is 0.480 e. The second-order valence-electron chi connectivity index (χ2n) is 8.23.